The van der Waals surface area contributed by atoms with Gasteiger partial charge in [0, 0.05) is 22.4 Å². The predicted molar refractivity (Wildman–Crippen MR) is 129 cm³/mol. The highest BCUT2D eigenvalue weighted by Crippen LogP contribution is 2.27. The lowest BCUT2D eigenvalue weighted by Gasteiger charge is -2.12. The summed E-state index contributed by atoms with van der Waals surface area (Å²) in [5, 5.41) is 6.69. The Hall–Kier alpha value is -3.63. The Kier molecular flexibility index (Phi) is 6.99. The van der Waals surface area contributed by atoms with Crippen LogP contribution in [0.3, 0.4) is 0 Å². The Labute approximate surface area is 200 Å². The van der Waals surface area contributed by atoms with Crippen molar-refractivity contribution in [2.75, 3.05) is 10.0 Å². The van der Waals surface area contributed by atoms with Crippen LogP contribution in [0.15, 0.2) is 93.2 Å². The molecule has 0 bridgehead atoms. The van der Waals surface area contributed by atoms with E-state index in [9.17, 15) is 17.6 Å². The van der Waals surface area contributed by atoms with Crippen LogP contribution in [0.25, 0.3) is 0 Å². The molecule has 4 aromatic rings. The van der Waals surface area contributed by atoms with Gasteiger partial charge in [0.2, 0.25) is 0 Å². The molecule has 0 saturated carbocycles. The minimum atomic E-state index is -4.07. The molecule has 0 radical (unpaired) electrons. The average molecular weight is 498 g/mol. The molecule has 3 aromatic carbocycles. The summed E-state index contributed by atoms with van der Waals surface area (Å²) in [4.78, 5) is 13.6. The van der Waals surface area contributed by atoms with E-state index < -0.39 is 21.7 Å². The van der Waals surface area contributed by atoms with Crippen molar-refractivity contribution in [1.82, 2.24) is 5.16 Å². The molecule has 1 heterocycles. The standard InChI is InChI=1S/C24H20FN3O4S2/c1-16-13-18(27-32-16)15-33-23-12-5-2-9-20(23)24(29)26-17-7-6-8-19(14-17)34(30,31)28-22-11-4-3-10-21(22)25/h2-14,28H,15H2,1H3,(H,26,29). The number of halogens is 1. The molecule has 1 amide bonds. The predicted octanol–water partition coefficient (Wildman–Crippen LogP) is 5.47. The van der Waals surface area contributed by atoms with Gasteiger partial charge in [0.1, 0.15) is 11.6 Å². The van der Waals surface area contributed by atoms with Crippen LogP contribution in [0, 0.1) is 12.7 Å². The molecule has 0 unspecified atom stereocenters. The van der Waals surface area contributed by atoms with E-state index in [0.29, 0.717) is 17.1 Å². The van der Waals surface area contributed by atoms with Gasteiger partial charge in [-0.2, -0.15) is 0 Å². The number of nitrogens with zero attached hydrogens (tertiary/aromatic N) is 1. The maximum absolute atomic E-state index is 13.9. The van der Waals surface area contributed by atoms with Crippen molar-refractivity contribution in [3.8, 4) is 0 Å². The molecule has 0 aliphatic rings. The summed E-state index contributed by atoms with van der Waals surface area (Å²) in [6.07, 6.45) is 0. The second-order valence-electron chi connectivity index (χ2n) is 7.28. The van der Waals surface area contributed by atoms with Gasteiger partial charge in [0.25, 0.3) is 15.9 Å². The minimum absolute atomic E-state index is 0.113. The van der Waals surface area contributed by atoms with E-state index in [4.69, 9.17) is 4.52 Å². The maximum Gasteiger partial charge on any atom is 0.262 e. The Bertz CT molecular complexity index is 1440. The Morgan fingerprint density at radius 1 is 1.03 bits per heavy atom. The van der Waals surface area contributed by atoms with E-state index >= 15 is 0 Å². The SMILES string of the molecule is Cc1cc(CSc2ccccc2C(=O)Nc2cccc(S(=O)(=O)Nc3ccccc3F)c2)no1. The van der Waals surface area contributed by atoms with Gasteiger partial charge in [-0.1, -0.05) is 35.5 Å². The first kappa shape index (κ1) is 23.5. The maximum atomic E-state index is 13.9. The lowest BCUT2D eigenvalue weighted by molar-refractivity contribution is 0.102. The third kappa shape index (κ3) is 5.64. The Morgan fingerprint density at radius 3 is 2.56 bits per heavy atom. The summed E-state index contributed by atoms with van der Waals surface area (Å²) in [7, 11) is -4.07. The molecule has 0 saturated heterocycles. The van der Waals surface area contributed by atoms with Gasteiger partial charge in [-0.3, -0.25) is 9.52 Å². The summed E-state index contributed by atoms with van der Waals surface area (Å²) in [6, 6.07) is 20.1. The van der Waals surface area contributed by atoms with Crippen molar-refractivity contribution in [2.24, 2.45) is 0 Å². The first-order valence-corrected chi connectivity index (χ1v) is 12.6. The van der Waals surface area contributed by atoms with Crippen molar-refractivity contribution in [3.63, 3.8) is 0 Å². The Morgan fingerprint density at radius 2 is 1.79 bits per heavy atom. The molecule has 10 heteroatoms. The molecule has 0 aliphatic heterocycles. The number of para-hydroxylation sites is 1. The molecule has 1 aromatic heterocycles. The van der Waals surface area contributed by atoms with Crippen molar-refractivity contribution in [2.45, 2.75) is 22.5 Å². The van der Waals surface area contributed by atoms with Crippen molar-refractivity contribution < 1.29 is 22.1 Å². The minimum Gasteiger partial charge on any atom is -0.361 e. The number of aryl methyl sites for hydroxylation is 1. The molecular formula is C24H20FN3O4S2. The molecule has 2 N–H and O–H groups in total. The number of amides is 1. The quantitative estimate of drug-likeness (QED) is 0.313. The van der Waals surface area contributed by atoms with Crippen molar-refractivity contribution in [1.29, 1.82) is 0 Å². The van der Waals surface area contributed by atoms with Gasteiger partial charge in [-0.15, -0.1) is 11.8 Å². The number of sulfonamides is 1. The van der Waals surface area contributed by atoms with E-state index in [-0.39, 0.29) is 16.3 Å². The van der Waals surface area contributed by atoms with Gasteiger partial charge in [-0.25, -0.2) is 12.8 Å². The molecular weight excluding hydrogens is 477 g/mol. The first-order chi connectivity index (χ1) is 16.3. The van der Waals surface area contributed by atoms with Gasteiger partial charge >= 0.3 is 0 Å². The summed E-state index contributed by atoms with van der Waals surface area (Å²) in [5.74, 6) is 0.152. The zero-order chi connectivity index (χ0) is 24.1. The third-order valence-electron chi connectivity index (χ3n) is 4.70. The number of aromatic nitrogens is 1. The zero-order valence-corrected chi connectivity index (χ0v) is 19.6. The highest BCUT2D eigenvalue weighted by atomic mass is 32.2. The van der Waals surface area contributed by atoms with E-state index in [1.807, 2.05) is 25.1 Å². The summed E-state index contributed by atoms with van der Waals surface area (Å²) < 4.78 is 46.7. The molecule has 0 spiro atoms. The van der Waals surface area contributed by atoms with Crippen molar-refractivity contribution >= 4 is 39.1 Å². The third-order valence-corrected chi connectivity index (χ3v) is 7.17. The second kappa shape index (κ2) is 10.1. The number of nitrogens with one attached hydrogen (secondary N) is 2. The average Bonchev–Trinajstić information content (AvgIpc) is 3.24. The number of benzene rings is 3. The number of thioether (sulfide) groups is 1. The highest BCUT2D eigenvalue weighted by Gasteiger charge is 2.18. The second-order valence-corrected chi connectivity index (χ2v) is 9.98. The largest absolute Gasteiger partial charge is 0.361 e. The van der Waals surface area contributed by atoms with Crippen LogP contribution >= 0.6 is 11.8 Å². The number of carbonyl (C=O) groups excluding carboxylic acids is 1. The zero-order valence-electron chi connectivity index (χ0n) is 18.0. The van der Waals surface area contributed by atoms with Gasteiger partial charge in [-0.05, 0) is 49.4 Å². The summed E-state index contributed by atoms with van der Waals surface area (Å²) in [5.41, 5.74) is 1.32. The van der Waals surface area contributed by atoms with E-state index in [1.54, 1.807) is 18.2 Å². The van der Waals surface area contributed by atoms with Crippen LogP contribution in [-0.4, -0.2) is 19.5 Å². The van der Waals surface area contributed by atoms with E-state index in [2.05, 4.69) is 15.2 Å². The fourth-order valence-corrected chi connectivity index (χ4v) is 5.15. The molecule has 0 aliphatic carbocycles. The van der Waals surface area contributed by atoms with Gasteiger partial charge < -0.3 is 9.84 Å². The number of carbonyl (C=O) groups is 1. The van der Waals surface area contributed by atoms with Crippen LogP contribution in [-0.2, 0) is 15.8 Å². The summed E-state index contributed by atoms with van der Waals surface area (Å²) >= 11 is 1.44. The molecule has 4 rings (SSSR count). The fourth-order valence-electron chi connectivity index (χ4n) is 3.10. The molecule has 174 valence electrons. The van der Waals surface area contributed by atoms with Crippen LogP contribution in [0.4, 0.5) is 15.8 Å². The smallest absolute Gasteiger partial charge is 0.262 e. The van der Waals surface area contributed by atoms with E-state index in [1.165, 1.54) is 48.2 Å². The van der Waals surface area contributed by atoms with Crippen LogP contribution < -0.4 is 10.0 Å². The van der Waals surface area contributed by atoms with Crippen LogP contribution in [0.2, 0.25) is 0 Å². The normalized spacial score (nSPS) is 11.2. The molecule has 34 heavy (non-hydrogen) atoms. The van der Waals surface area contributed by atoms with Crippen molar-refractivity contribution in [3.05, 3.63) is 102 Å². The van der Waals surface area contributed by atoms with E-state index in [0.717, 1.165) is 16.7 Å². The lowest BCUT2D eigenvalue weighted by Crippen LogP contribution is -2.16. The number of rotatable bonds is 8. The number of anilines is 2. The Balaban J connectivity index is 1.50. The fraction of sp³-hybridized carbons (Fsp3) is 0.0833. The molecule has 0 atom stereocenters. The first-order valence-electron chi connectivity index (χ1n) is 10.1. The molecule has 0 fully saturated rings. The van der Waals surface area contributed by atoms with Gasteiger partial charge in [0.15, 0.2) is 0 Å². The lowest BCUT2D eigenvalue weighted by atomic mass is 10.2. The molecule has 7 nitrogen and oxygen atoms in total. The highest BCUT2D eigenvalue weighted by molar-refractivity contribution is 7.98. The number of hydrogen-bond donors (Lipinski definition) is 2. The van der Waals surface area contributed by atoms with Crippen LogP contribution in [0.1, 0.15) is 21.8 Å². The van der Waals surface area contributed by atoms with Gasteiger partial charge in [0.05, 0.1) is 21.8 Å². The summed E-state index contributed by atoms with van der Waals surface area (Å²) in [6.45, 7) is 1.81. The topological polar surface area (TPSA) is 101 Å². The van der Waals surface area contributed by atoms with Crippen LogP contribution in [0.5, 0.6) is 0 Å². The monoisotopic (exact) mass is 497 g/mol. The number of hydrogen-bond acceptors (Lipinski definition) is 6.